The smallest absolute Gasteiger partial charge is 0.268 e. The van der Waals surface area contributed by atoms with Crippen molar-refractivity contribution in [2.75, 3.05) is 11.5 Å². The second kappa shape index (κ2) is 5.28. The van der Waals surface area contributed by atoms with Crippen molar-refractivity contribution >= 4 is 31.7 Å². The summed E-state index contributed by atoms with van der Waals surface area (Å²) in [6.07, 6.45) is 2.35. The first-order valence-corrected chi connectivity index (χ1v) is 8.78. The van der Waals surface area contributed by atoms with Crippen molar-refractivity contribution < 1.29 is 13.2 Å². The van der Waals surface area contributed by atoms with Crippen LogP contribution in [0.15, 0.2) is 16.7 Å². The molecule has 0 spiro atoms. The topological polar surface area (TPSA) is 68.2 Å². The largest absolute Gasteiger partial charge is 0.347 e. The third kappa shape index (κ3) is 3.39. The predicted octanol–water partition coefficient (Wildman–Crippen LogP) is 1.75. The van der Waals surface area contributed by atoms with E-state index in [1.165, 1.54) is 0 Å². The van der Waals surface area contributed by atoms with Crippen LogP contribution < -0.4 is 5.32 Å². The van der Waals surface area contributed by atoms with E-state index < -0.39 is 9.84 Å². The zero-order valence-corrected chi connectivity index (χ0v) is 13.3. The number of nitrogens with one attached hydrogen (secondary N) is 1. The Hall–Kier alpha value is -0.820. The molecule has 2 rings (SSSR count). The van der Waals surface area contributed by atoms with E-state index in [0.717, 1.165) is 4.47 Å². The minimum atomic E-state index is -2.98. The predicted molar refractivity (Wildman–Crippen MR) is 77.0 cm³/mol. The van der Waals surface area contributed by atoms with E-state index in [2.05, 4.69) is 21.2 Å². The molecule has 1 aromatic heterocycles. The van der Waals surface area contributed by atoms with E-state index in [-0.39, 0.29) is 29.5 Å². The number of halogens is 1. The third-order valence-corrected chi connectivity index (χ3v) is 5.37. The van der Waals surface area contributed by atoms with Crippen LogP contribution in [-0.4, -0.2) is 36.4 Å². The SMILES string of the molecule is CC(C)n1cc(Br)cc1C(=O)NC1CCS(=O)(=O)C1. The van der Waals surface area contributed by atoms with Crippen LogP contribution in [-0.2, 0) is 9.84 Å². The van der Waals surface area contributed by atoms with Gasteiger partial charge in [-0.05, 0) is 42.3 Å². The molecule has 19 heavy (non-hydrogen) atoms. The van der Waals surface area contributed by atoms with Gasteiger partial charge in [-0.1, -0.05) is 0 Å². The maximum Gasteiger partial charge on any atom is 0.268 e. The van der Waals surface area contributed by atoms with Gasteiger partial charge >= 0.3 is 0 Å². The number of aromatic nitrogens is 1. The standard InChI is InChI=1S/C12H17BrN2O3S/c1-8(2)15-6-9(13)5-11(15)12(16)14-10-3-4-19(17,18)7-10/h5-6,8,10H,3-4,7H2,1-2H3,(H,14,16). The molecule has 1 aliphatic heterocycles. The van der Waals surface area contributed by atoms with Crippen LogP contribution in [0.5, 0.6) is 0 Å². The fraction of sp³-hybridized carbons (Fsp3) is 0.583. The second-order valence-electron chi connectivity index (χ2n) is 5.12. The number of nitrogens with zero attached hydrogens (tertiary/aromatic N) is 1. The molecule has 0 aromatic carbocycles. The van der Waals surface area contributed by atoms with Crippen LogP contribution in [0.1, 0.15) is 36.8 Å². The summed E-state index contributed by atoms with van der Waals surface area (Å²) in [5.74, 6) is -0.0173. The Bertz CT molecular complexity index is 592. The van der Waals surface area contributed by atoms with Crippen LogP contribution in [0.3, 0.4) is 0 Å². The van der Waals surface area contributed by atoms with Crippen LogP contribution in [0.25, 0.3) is 0 Å². The van der Waals surface area contributed by atoms with Crippen molar-refractivity contribution in [1.29, 1.82) is 0 Å². The lowest BCUT2D eigenvalue weighted by molar-refractivity contribution is 0.0930. The van der Waals surface area contributed by atoms with Crippen molar-refractivity contribution in [3.8, 4) is 0 Å². The van der Waals surface area contributed by atoms with Gasteiger partial charge in [0.1, 0.15) is 5.69 Å². The minimum Gasteiger partial charge on any atom is -0.347 e. The summed E-state index contributed by atoms with van der Waals surface area (Å²) in [6, 6.07) is 1.64. The molecule has 7 heteroatoms. The Morgan fingerprint density at radius 3 is 2.74 bits per heavy atom. The van der Waals surface area contributed by atoms with Gasteiger partial charge in [0.25, 0.3) is 5.91 Å². The second-order valence-corrected chi connectivity index (χ2v) is 8.26. The highest BCUT2D eigenvalue weighted by molar-refractivity contribution is 9.10. The molecule has 1 aromatic rings. The average molecular weight is 349 g/mol. The van der Waals surface area contributed by atoms with Crippen LogP contribution in [0.2, 0.25) is 0 Å². The molecule has 0 radical (unpaired) electrons. The summed E-state index contributed by atoms with van der Waals surface area (Å²) in [4.78, 5) is 12.2. The average Bonchev–Trinajstić information content (AvgIpc) is 2.82. The first-order valence-electron chi connectivity index (χ1n) is 6.17. The molecule has 2 heterocycles. The van der Waals surface area contributed by atoms with Crippen LogP contribution in [0.4, 0.5) is 0 Å². The van der Waals surface area contributed by atoms with Gasteiger partial charge in [-0.2, -0.15) is 0 Å². The summed E-state index contributed by atoms with van der Waals surface area (Å²) < 4.78 is 25.5. The van der Waals surface area contributed by atoms with Gasteiger partial charge in [0.15, 0.2) is 9.84 Å². The number of hydrogen-bond donors (Lipinski definition) is 1. The molecule has 1 N–H and O–H groups in total. The van der Waals surface area contributed by atoms with Crippen molar-refractivity contribution in [2.24, 2.45) is 0 Å². The van der Waals surface area contributed by atoms with Crippen molar-refractivity contribution in [2.45, 2.75) is 32.4 Å². The number of hydrogen-bond acceptors (Lipinski definition) is 3. The first kappa shape index (κ1) is 14.6. The van der Waals surface area contributed by atoms with E-state index in [1.807, 2.05) is 24.6 Å². The van der Waals surface area contributed by atoms with Crippen molar-refractivity contribution in [3.63, 3.8) is 0 Å². The lowest BCUT2D eigenvalue weighted by Crippen LogP contribution is -2.36. The first-order chi connectivity index (χ1) is 8.78. The lowest BCUT2D eigenvalue weighted by Gasteiger charge is -2.15. The zero-order chi connectivity index (χ0) is 14.2. The van der Waals surface area contributed by atoms with Crippen LogP contribution >= 0.6 is 15.9 Å². The molecule has 1 fully saturated rings. The third-order valence-electron chi connectivity index (χ3n) is 3.17. The number of sulfone groups is 1. The normalized spacial score (nSPS) is 21.8. The van der Waals surface area contributed by atoms with E-state index in [4.69, 9.17) is 0 Å². The maximum atomic E-state index is 12.2. The van der Waals surface area contributed by atoms with Gasteiger partial charge in [-0.3, -0.25) is 4.79 Å². The molecule has 1 aliphatic rings. The molecule has 0 aliphatic carbocycles. The van der Waals surface area contributed by atoms with Gasteiger partial charge in [-0.15, -0.1) is 0 Å². The van der Waals surface area contributed by atoms with E-state index in [0.29, 0.717) is 12.1 Å². The molecule has 1 amide bonds. The molecular formula is C12H17BrN2O3S. The van der Waals surface area contributed by atoms with Crippen molar-refractivity contribution in [1.82, 2.24) is 9.88 Å². The van der Waals surface area contributed by atoms with Crippen LogP contribution in [0, 0.1) is 0 Å². The Morgan fingerprint density at radius 1 is 1.53 bits per heavy atom. The zero-order valence-electron chi connectivity index (χ0n) is 10.9. The fourth-order valence-electron chi connectivity index (χ4n) is 2.22. The molecule has 106 valence electrons. The Morgan fingerprint density at radius 2 is 2.21 bits per heavy atom. The summed E-state index contributed by atoms with van der Waals surface area (Å²) in [6.45, 7) is 3.98. The molecule has 5 nitrogen and oxygen atoms in total. The molecule has 0 bridgehead atoms. The molecule has 0 saturated carbocycles. The van der Waals surface area contributed by atoms with E-state index in [9.17, 15) is 13.2 Å². The monoisotopic (exact) mass is 348 g/mol. The minimum absolute atomic E-state index is 0.0439. The number of carbonyl (C=O) groups is 1. The Balaban J connectivity index is 2.13. The molecule has 1 saturated heterocycles. The quantitative estimate of drug-likeness (QED) is 0.904. The van der Waals surface area contributed by atoms with Gasteiger partial charge in [0, 0.05) is 22.8 Å². The highest BCUT2D eigenvalue weighted by Crippen LogP contribution is 2.20. The van der Waals surface area contributed by atoms with E-state index in [1.54, 1.807) is 6.07 Å². The van der Waals surface area contributed by atoms with Crippen molar-refractivity contribution in [3.05, 3.63) is 22.4 Å². The highest BCUT2D eigenvalue weighted by Gasteiger charge is 2.29. The van der Waals surface area contributed by atoms with Gasteiger partial charge in [0.2, 0.25) is 0 Å². The molecule has 1 unspecified atom stereocenters. The summed E-state index contributed by atoms with van der Waals surface area (Å²) in [7, 11) is -2.98. The molecular weight excluding hydrogens is 332 g/mol. The highest BCUT2D eigenvalue weighted by atomic mass is 79.9. The summed E-state index contributed by atoms with van der Waals surface area (Å²) >= 11 is 3.35. The number of amides is 1. The number of carbonyl (C=O) groups excluding carboxylic acids is 1. The Labute approximate surface area is 121 Å². The van der Waals surface area contributed by atoms with Gasteiger partial charge in [0.05, 0.1) is 11.5 Å². The lowest BCUT2D eigenvalue weighted by atomic mass is 10.2. The summed E-state index contributed by atoms with van der Waals surface area (Å²) in [5, 5.41) is 2.80. The fourth-order valence-corrected chi connectivity index (χ4v) is 4.33. The summed E-state index contributed by atoms with van der Waals surface area (Å²) in [5.41, 5.74) is 0.547. The maximum absolute atomic E-state index is 12.2. The molecule has 1 atom stereocenters. The van der Waals surface area contributed by atoms with Gasteiger partial charge < -0.3 is 9.88 Å². The van der Waals surface area contributed by atoms with E-state index >= 15 is 0 Å². The Kier molecular flexibility index (Phi) is 4.06. The van der Waals surface area contributed by atoms with Gasteiger partial charge in [-0.25, -0.2) is 8.42 Å². The number of rotatable bonds is 3.